The molecule has 0 unspecified atom stereocenters. The van der Waals surface area contributed by atoms with Crippen molar-refractivity contribution in [1.29, 1.82) is 0 Å². The zero-order chi connectivity index (χ0) is 19.5. The Morgan fingerprint density at radius 1 is 1.27 bits per heavy atom. The predicted molar refractivity (Wildman–Crippen MR) is 93.7 cm³/mol. The number of aromatic nitrogens is 2. The lowest BCUT2D eigenvalue weighted by atomic mass is 10.1. The number of alkyl halides is 3. The van der Waals surface area contributed by atoms with Crippen LogP contribution in [-0.2, 0) is 17.6 Å². The topological polar surface area (TPSA) is 64.4 Å². The van der Waals surface area contributed by atoms with Gasteiger partial charge in [-0.15, -0.1) is 0 Å². The number of halogens is 3. The largest absolute Gasteiger partial charge is 0.476 e. The summed E-state index contributed by atoms with van der Waals surface area (Å²) >= 11 is 0. The third kappa shape index (κ3) is 5.43. The SMILES string of the molecule is C[Si](C)(C)CCOCn1nc(C(=O)O)cc1-c1cccc(C(F)(F)F)c1. The van der Waals surface area contributed by atoms with Crippen LogP contribution in [-0.4, -0.2) is 35.5 Å². The first-order valence-electron chi connectivity index (χ1n) is 8.04. The Morgan fingerprint density at radius 2 is 1.96 bits per heavy atom. The molecule has 0 spiro atoms. The van der Waals surface area contributed by atoms with Crippen molar-refractivity contribution in [3.63, 3.8) is 0 Å². The number of carbonyl (C=O) groups is 1. The van der Waals surface area contributed by atoms with Crippen LogP contribution in [0.25, 0.3) is 11.3 Å². The summed E-state index contributed by atoms with van der Waals surface area (Å²) in [4.78, 5) is 11.2. The fourth-order valence-corrected chi connectivity index (χ4v) is 2.99. The molecule has 0 radical (unpaired) electrons. The predicted octanol–water partition coefficient (Wildman–Crippen LogP) is 4.58. The molecular formula is C17H21F3N2O3Si. The first kappa shape index (κ1) is 20.2. The van der Waals surface area contributed by atoms with Crippen molar-refractivity contribution in [2.45, 2.75) is 38.6 Å². The molecule has 2 aromatic rings. The van der Waals surface area contributed by atoms with E-state index in [2.05, 4.69) is 24.7 Å². The molecule has 0 bridgehead atoms. The second kappa shape index (κ2) is 7.63. The Morgan fingerprint density at radius 3 is 2.54 bits per heavy atom. The van der Waals surface area contributed by atoms with E-state index in [1.807, 2.05) is 0 Å². The smallest absolute Gasteiger partial charge is 0.416 e. The molecule has 1 heterocycles. The third-order valence-electron chi connectivity index (χ3n) is 3.69. The summed E-state index contributed by atoms with van der Waals surface area (Å²) in [5.41, 5.74) is -0.555. The second-order valence-electron chi connectivity index (χ2n) is 7.15. The molecule has 0 fully saturated rings. The maximum Gasteiger partial charge on any atom is 0.416 e. The molecule has 0 aliphatic heterocycles. The molecule has 0 aliphatic carbocycles. The minimum Gasteiger partial charge on any atom is -0.476 e. The number of carboxylic acids is 1. The Kier molecular flexibility index (Phi) is 5.92. The van der Waals surface area contributed by atoms with Crippen molar-refractivity contribution < 1.29 is 27.8 Å². The Labute approximate surface area is 150 Å². The van der Waals surface area contributed by atoms with Crippen molar-refractivity contribution in [3.05, 3.63) is 41.6 Å². The van der Waals surface area contributed by atoms with Crippen molar-refractivity contribution in [2.24, 2.45) is 0 Å². The molecule has 1 N–H and O–H groups in total. The van der Waals surface area contributed by atoms with E-state index in [0.717, 1.165) is 18.2 Å². The second-order valence-corrected chi connectivity index (χ2v) is 12.8. The van der Waals surface area contributed by atoms with Crippen molar-refractivity contribution in [1.82, 2.24) is 9.78 Å². The number of benzene rings is 1. The molecule has 5 nitrogen and oxygen atoms in total. The van der Waals surface area contributed by atoms with Gasteiger partial charge in [-0.25, -0.2) is 9.48 Å². The van der Waals surface area contributed by atoms with Crippen molar-refractivity contribution in [3.8, 4) is 11.3 Å². The Hall–Kier alpha value is -2.13. The highest BCUT2D eigenvalue weighted by Gasteiger charge is 2.30. The van der Waals surface area contributed by atoms with E-state index in [1.54, 1.807) is 0 Å². The van der Waals surface area contributed by atoms with Gasteiger partial charge in [-0.1, -0.05) is 31.8 Å². The number of aromatic carboxylic acids is 1. The van der Waals surface area contributed by atoms with Crippen LogP contribution in [0.1, 0.15) is 16.1 Å². The molecule has 142 valence electrons. The third-order valence-corrected chi connectivity index (χ3v) is 5.40. The zero-order valence-corrected chi connectivity index (χ0v) is 15.8. The highest BCUT2D eigenvalue weighted by atomic mass is 28.3. The number of carboxylic acid groups (broad SMARTS) is 1. The van der Waals surface area contributed by atoms with Crippen molar-refractivity contribution >= 4 is 14.0 Å². The molecular weight excluding hydrogens is 365 g/mol. The van der Waals surface area contributed by atoms with Crippen LogP contribution in [0.15, 0.2) is 30.3 Å². The fraction of sp³-hybridized carbons (Fsp3) is 0.412. The zero-order valence-electron chi connectivity index (χ0n) is 14.8. The van der Waals surface area contributed by atoms with Gasteiger partial charge in [-0.3, -0.25) is 0 Å². The lowest BCUT2D eigenvalue weighted by Gasteiger charge is -2.16. The maximum absolute atomic E-state index is 12.9. The van der Waals surface area contributed by atoms with Gasteiger partial charge in [0.2, 0.25) is 0 Å². The van der Waals surface area contributed by atoms with E-state index in [9.17, 15) is 18.0 Å². The minimum atomic E-state index is -4.48. The molecule has 0 saturated heterocycles. The van der Waals surface area contributed by atoms with Gasteiger partial charge in [0.25, 0.3) is 0 Å². The lowest BCUT2D eigenvalue weighted by Crippen LogP contribution is -2.22. The fourth-order valence-electron chi connectivity index (χ4n) is 2.24. The number of hydrogen-bond donors (Lipinski definition) is 1. The first-order valence-corrected chi connectivity index (χ1v) is 11.7. The van der Waals surface area contributed by atoms with Gasteiger partial charge in [0.1, 0.15) is 6.73 Å². The number of hydrogen-bond acceptors (Lipinski definition) is 3. The number of nitrogens with zero attached hydrogens (tertiary/aromatic N) is 2. The number of ether oxygens (including phenoxy) is 1. The minimum absolute atomic E-state index is 0.0245. The van der Waals surface area contributed by atoms with Crippen LogP contribution in [0, 0.1) is 0 Å². The van der Waals surface area contributed by atoms with Crippen LogP contribution in [0.2, 0.25) is 25.7 Å². The molecule has 2 rings (SSSR count). The molecule has 1 aromatic heterocycles. The molecule has 0 saturated carbocycles. The van der Waals surface area contributed by atoms with E-state index < -0.39 is 25.8 Å². The van der Waals surface area contributed by atoms with Gasteiger partial charge in [0.15, 0.2) is 5.69 Å². The summed E-state index contributed by atoms with van der Waals surface area (Å²) in [6, 6.07) is 6.87. The lowest BCUT2D eigenvalue weighted by molar-refractivity contribution is -0.137. The van der Waals surface area contributed by atoms with Crippen LogP contribution in [0.3, 0.4) is 0 Å². The normalized spacial score (nSPS) is 12.4. The molecule has 0 atom stereocenters. The summed E-state index contributed by atoms with van der Waals surface area (Å²) in [7, 11) is -1.29. The van der Waals surface area contributed by atoms with E-state index in [4.69, 9.17) is 9.84 Å². The summed E-state index contributed by atoms with van der Waals surface area (Å²) in [6.45, 7) is 7.05. The molecule has 26 heavy (non-hydrogen) atoms. The average Bonchev–Trinajstić information content (AvgIpc) is 2.94. The van der Waals surface area contributed by atoms with E-state index in [-0.39, 0.29) is 23.7 Å². The van der Waals surface area contributed by atoms with Crippen LogP contribution in [0.5, 0.6) is 0 Å². The van der Waals surface area contributed by atoms with Gasteiger partial charge in [-0.2, -0.15) is 18.3 Å². The summed E-state index contributed by atoms with van der Waals surface area (Å²) in [6.07, 6.45) is -4.48. The standard InChI is InChI=1S/C17H21F3N2O3Si/c1-26(2,3)8-7-25-11-22-15(10-14(21-22)16(23)24)12-5-4-6-13(9-12)17(18,19)20/h4-6,9-10H,7-8,11H2,1-3H3,(H,23,24). The average molecular weight is 386 g/mol. The van der Waals surface area contributed by atoms with Gasteiger partial charge >= 0.3 is 12.1 Å². The van der Waals surface area contributed by atoms with Gasteiger partial charge in [0, 0.05) is 20.2 Å². The van der Waals surface area contributed by atoms with Crippen molar-refractivity contribution in [2.75, 3.05) is 6.61 Å². The summed E-state index contributed by atoms with van der Waals surface area (Å²) in [5, 5.41) is 13.1. The van der Waals surface area contributed by atoms with Crippen LogP contribution in [0.4, 0.5) is 13.2 Å². The van der Waals surface area contributed by atoms with E-state index in [1.165, 1.54) is 22.9 Å². The monoisotopic (exact) mass is 386 g/mol. The maximum atomic E-state index is 12.9. The highest BCUT2D eigenvalue weighted by Crippen LogP contribution is 2.32. The molecule has 9 heteroatoms. The van der Waals surface area contributed by atoms with Crippen LogP contribution >= 0.6 is 0 Å². The van der Waals surface area contributed by atoms with Gasteiger partial charge in [0.05, 0.1) is 11.3 Å². The summed E-state index contributed by atoms with van der Waals surface area (Å²) in [5.74, 6) is -1.25. The quantitative estimate of drug-likeness (QED) is 0.559. The number of rotatable bonds is 7. The Bertz CT molecular complexity index is 782. The summed E-state index contributed by atoms with van der Waals surface area (Å²) < 4.78 is 45.7. The molecule has 0 amide bonds. The highest BCUT2D eigenvalue weighted by molar-refractivity contribution is 6.76. The Balaban J connectivity index is 2.28. The van der Waals surface area contributed by atoms with E-state index >= 15 is 0 Å². The van der Waals surface area contributed by atoms with E-state index in [0.29, 0.717) is 6.61 Å². The molecule has 1 aromatic carbocycles. The van der Waals surface area contributed by atoms with Crippen LogP contribution < -0.4 is 0 Å². The first-order chi connectivity index (χ1) is 12.0. The molecule has 0 aliphatic rings. The van der Waals surface area contributed by atoms with Gasteiger partial charge < -0.3 is 9.84 Å². The van der Waals surface area contributed by atoms with Gasteiger partial charge in [-0.05, 0) is 24.2 Å².